The van der Waals surface area contributed by atoms with Gasteiger partial charge in [-0.15, -0.1) is 0 Å². The van der Waals surface area contributed by atoms with Crippen LogP contribution in [0.15, 0.2) is 51.7 Å². The highest BCUT2D eigenvalue weighted by molar-refractivity contribution is 6.10. The third-order valence-electron chi connectivity index (χ3n) is 4.38. The summed E-state index contributed by atoms with van der Waals surface area (Å²) >= 11 is 0. The quantitative estimate of drug-likeness (QED) is 0.552. The minimum absolute atomic E-state index is 0.0297. The molecular formula is C20H18O5. The Labute approximate surface area is 144 Å². The van der Waals surface area contributed by atoms with Crippen molar-refractivity contribution in [3.63, 3.8) is 0 Å². The molecule has 3 rings (SSSR count). The molecule has 0 saturated heterocycles. The maximum Gasteiger partial charge on any atom is 0.336 e. The Morgan fingerprint density at radius 1 is 1.16 bits per heavy atom. The van der Waals surface area contributed by atoms with Crippen LogP contribution in [0.1, 0.15) is 30.6 Å². The van der Waals surface area contributed by atoms with Gasteiger partial charge in [0.1, 0.15) is 22.6 Å². The number of phenolic OH excluding ortho intramolecular Hbond substituents is 2. The molecule has 2 aromatic carbocycles. The maximum atomic E-state index is 12.6. The summed E-state index contributed by atoms with van der Waals surface area (Å²) < 4.78 is 5.12. The smallest absolute Gasteiger partial charge is 0.336 e. The van der Waals surface area contributed by atoms with Crippen LogP contribution in [-0.2, 0) is 0 Å². The van der Waals surface area contributed by atoms with Crippen molar-refractivity contribution >= 4 is 16.8 Å². The van der Waals surface area contributed by atoms with E-state index < -0.39 is 11.4 Å². The number of rotatable bonds is 4. The lowest BCUT2D eigenvalue weighted by molar-refractivity contribution is 0.0922. The molecule has 1 atom stereocenters. The van der Waals surface area contributed by atoms with Gasteiger partial charge in [-0.3, -0.25) is 4.79 Å². The fourth-order valence-corrected chi connectivity index (χ4v) is 2.82. The lowest BCUT2D eigenvalue weighted by Gasteiger charge is -2.14. The molecule has 0 saturated carbocycles. The molecule has 128 valence electrons. The predicted octanol–water partition coefficient (Wildman–Crippen LogP) is 4.10. The Morgan fingerprint density at radius 3 is 2.48 bits per heavy atom. The van der Waals surface area contributed by atoms with E-state index in [2.05, 4.69) is 0 Å². The van der Waals surface area contributed by atoms with Gasteiger partial charge in [-0.2, -0.15) is 0 Å². The summed E-state index contributed by atoms with van der Waals surface area (Å²) in [6.45, 7) is 3.58. The van der Waals surface area contributed by atoms with E-state index in [1.54, 1.807) is 31.2 Å². The molecule has 5 nitrogen and oxygen atoms in total. The van der Waals surface area contributed by atoms with Crippen molar-refractivity contribution in [3.05, 3.63) is 58.4 Å². The fraction of sp³-hybridized carbons (Fsp3) is 0.200. The predicted molar refractivity (Wildman–Crippen MR) is 95.0 cm³/mol. The maximum absolute atomic E-state index is 12.6. The molecule has 1 heterocycles. The lowest BCUT2D eigenvalue weighted by atomic mass is 9.92. The number of hydrogen-bond donors (Lipinski definition) is 2. The molecule has 0 amide bonds. The summed E-state index contributed by atoms with van der Waals surface area (Å²) in [6.07, 6.45) is 0.575. The molecule has 0 aliphatic carbocycles. The van der Waals surface area contributed by atoms with Gasteiger partial charge >= 0.3 is 5.63 Å². The molecule has 0 aliphatic heterocycles. The average molecular weight is 338 g/mol. The van der Waals surface area contributed by atoms with Crippen molar-refractivity contribution < 1.29 is 19.4 Å². The van der Waals surface area contributed by atoms with E-state index >= 15 is 0 Å². The summed E-state index contributed by atoms with van der Waals surface area (Å²) in [5.74, 6) is -1.48. The van der Waals surface area contributed by atoms with Gasteiger partial charge in [0, 0.05) is 23.6 Å². The number of fused-ring (bicyclic) bond motifs is 1. The molecule has 1 unspecified atom stereocenters. The van der Waals surface area contributed by atoms with Crippen LogP contribution in [0.25, 0.3) is 22.1 Å². The van der Waals surface area contributed by atoms with Gasteiger partial charge in [0.25, 0.3) is 0 Å². The molecule has 0 aliphatic rings. The first-order valence-electron chi connectivity index (χ1n) is 8.06. The van der Waals surface area contributed by atoms with Gasteiger partial charge in [0.2, 0.25) is 0 Å². The first-order valence-corrected chi connectivity index (χ1v) is 8.06. The molecule has 1 aromatic heterocycles. The highest BCUT2D eigenvalue weighted by Crippen LogP contribution is 2.41. The number of benzene rings is 2. The molecule has 0 spiro atoms. The zero-order valence-electron chi connectivity index (χ0n) is 13.9. The highest BCUT2D eigenvalue weighted by Gasteiger charge is 2.25. The summed E-state index contributed by atoms with van der Waals surface area (Å²) in [5, 5.41) is 21.2. The second-order valence-corrected chi connectivity index (χ2v) is 6.01. The first-order chi connectivity index (χ1) is 11.9. The van der Waals surface area contributed by atoms with Gasteiger partial charge in [0.05, 0.1) is 5.39 Å². The molecule has 2 N–H and O–H groups in total. The zero-order valence-corrected chi connectivity index (χ0v) is 13.9. The van der Waals surface area contributed by atoms with Crippen molar-refractivity contribution in [1.29, 1.82) is 0 Å². The van der Waals surface area contributed by atoms with Crippen LogP contribution in [0.2, 0.25) is 0 Å². The van der Waals surface area contributed by atoms with Gasteiger partial charge in [-0.05, 0) is 12.0 Å². The van der Waals surface area contributed by atoms with E-state index in [1.807, 2.05) is 13.0 Å². The van der Waals surface area contributed by atoms with E-state index in [0.29, 0.717) is 17.5 Å². The Balaban J connectivity index is 2.39. The SMILES string of the molecule is CCC(C)C(=O)c1c(O)cc2oc(=O)cc(-c3ccccc3)c2c1O. The molecule has 25 heavy (non-hydrogen) atoms. The van der Waals surface area contributed by atoms with Crippen molar-refractivity contribution in [3.8, 4) is 22.6 Å². The minimum atomic E-state index is -0.605. The molecule has 0 radical (unpaired) electrons. The third kappa shape index (κ3) is 2.89. The zero-order chi connectivity index (χ0) is 18.1. The highest BCUT2D eigenvalue weighted by atomic mass is 16.4. The Kier molecular flexibility index (Phi) is 4.31. The van der Waals surface area contributed by atoms with E-state index in [9.17, 15) is 19.8 Å². The monoisotopic (exact) mass is 338 g/mol. The number of hydrogen-bond acceptors (Lipinski definition) is 5. The van der Waals surface area contributed by atoms with Crippen LogP contribution in [0.4, 0.5) is 0 Å². The molecule has 3 aromatic rings. The van der Waals surface area contributed by atoms with Crippen molar-refractivity contribution in [2.75, 3.05) is 0 Å². The van der Waals surface area contributed by atoms with Crippen molar-refractivity contribution in [1.82, 2.24) is 0 Å². The summed E-state index contributed by atoms with van der Waals surface area (Å²) in [6, 6.07) is 11.5. The molecule has 5 heteroatoms. The summed E-state index contributed by atoms with van der Waals surface area (Å²) in [7, 11) is 0. The normalized spacial score (nSPS) is 12.2. The number of carbonyl (C=O) groups excluding carboxylic acids is 1. The number of aromatic hydroxyl groups is 2. The Bertz CT molecular complexity index is 1000. The van der Waals surface area contributed by atoms with E-state index in [4.69, 9.17) is 4.42 Å². The number of ketones is 1. The standard InChI is InChI=1S/C20H18O5/c1-3-11(2)19(23)18-14(21)10-15-17(20(18)24)13(9-16(22)25-15)12-7-5-4-6-8-12/h4-11,21,24H,3H2,1-2H3. The Hall–Kier alpha value is -3.08. The molecule has 0 fully saturated rings. The van der Waals surface area contributed by atoms with Crippen LogP contribution < -0.4 is 5.63 Å². The van der Waals surface area contributed by atoms with Crippen LogP contribution in [-0.4, -0.2) is 16.0 Å². The third-order valence-corrected chi connectivity index (χ3v) is 4.38. The molecular weight excluding hydrogens is 320 g/mol. The average Bonchev–Trinajstić information content (AvgIpc) is 2.60. The Morgan fingerprint density at radius 2 is 1.84 bits per heavy atom. The van der Waals surface area contributed by atoms with Crippen LogP contribution in [0, 0.1) is 5.92 Å². The van der Waals surface area contributed by atoms with Crippen LogP contribution >= 0.6 is 0 Å². The van der Waals surface area contributed by atoms with Crippen molar-refractivity contribution in [2.45, 2.75) is 20.3 Å². The topological polar surface area (TPSA) is 87.7 Å². The second-order valence-electron chi connectivity index (χ2n) is 6.01. The van der Waals surface area contributed by atoms with Gasteiger partial charge in [0.15, 0.2) is 5.78 Å². The second kappa shape index (κ2) is 6.43. The van der Waals surface area contributed by atoms with E-state index in [1.165, 1.54) is 12.1 Å². The van der Waals surface area contributed by atoms with E-state index in [-0.39, 0.29) is 34.0 Å². The fourth-order valence-electron chi connectivity index (χ4n) is 2.82. The van der Waals surface area contributed by atoms with Gasteiger partial charge in [-0.1, -0.05) is 44.2 Å². The number of Topliss-reactive ketones (excluding diaryl/α,β-unsaturated/α-hetero) is 1. The van der Waals surface area contributed by atoms with Crippen LogP contribution in [0.5, 0.6) is 11.5 Å². The number of phenols is 2. The minimum Gasteiger partial charge on any atom is -0.507 e. The summed E-state index contributed by atoms with van der Waals surface area (Å²) in [5.41, 5.74) is 0.423. The van der Waals surface area contributed by atoms with Gasteiger partial charge in [-0.25, -0.2) is 4.79 Å². The molecule has 0 bridgehead atoms. The van der Waals surface area contributed by atoms with E-state index in [0.717, 1.165) is 0 Å². The summed E-state index contributed by atoms with van der Waals surface area (Å²) in [4.78, 5) is 24.4. The van der Waals surface area contributed by atoms with Crippen LogP contribution in [0.3, 0.4) is 0 Å². The van der Waals surface area contributed by atoms with Gasteiger partial charge < -0.3 is 14.6 Å². The number of carbonyl (C=O) groups is 1. The lowest BCUT2D eigenvalue weighted by Crippen LogP contribution is -2.11. The first kappa shape index (κ1) is 16.8. The largest absolute Gasteiger partial charge is 0.507 e. The van der Waals surface area contributed by atoms with Crippen molar-refractivity contribution in [2.24, 2.45) is 5.92 Å².